The molecule has 0 aliphatic heterocycles. The Morgan fingerprint density at radius 3 is 1.73 bits per heavy atom. The Hall–Kier alpha value is -1.74. The molecule has 3 heteroatoms. The van der Waals surface area contributed by atoms with Crippen molar-refractivity contribution in [3.05, 3.63) is 48.5 Å². The number of benzene rings is 2. The van der Waals surface area contributed by atoms with Crippen LogP contribution in [0.3, 0.4) is 0 Å². The van der Waals surface area contributed by atoms with Crippen molar-refractivity contribution in [1.82, 2.24) is 0 Å². The number of nitrogen functional groups attached to an aromatic ring is 1. The maximum absolute atomic E-state index is 5.62. The van der Waals surface area contributed by atoms with Gasteiger partial charge in [-0.2, -0.15) is 4.36 Å². The van der Waals surface area contributed by atoms with E-state index in [-0.39, 0.29) is 0 Å². The van der Waals surface area contributed by atoms with E-state index in [1.807, 2.05) is 48.5 Å². The minimum atomic E-state index is 0.774. The zero-order valence-electron chi connectivity index (χ0n) is 8.05. The van der Waals surface area contributed by atoms with E-state index >= 15 is 0 Å². The third-order valence-corrected chi connectivity index (χ3v) is 2.43. The Balaban J connectivity index is 2.37. The molecule has 0 unspecified atom stereocenters. The maximum atomic E-state index is 5.62. The number of hydrogen-bond donors (Lipinski definition) is 1. The van der Waals surface area contributed by atoms with Crippen LogP contribution < -0.4 is 5.73 Å². The lowest BCUT2D eigenvalue weighted by Crippen LogP contribution is -1.83. The maximum Gasteiger partial charge on any atom is 0.0769 e. The van der Waals surface area contributed by atoms with E-state index in [1.165, 1.54) is 0 Å². The highest BCUT2D eigenvalue weighted by Crippen LogP contribution is 2.23. The first-order chi connectivity index (χ1) is 7.29. The lowest BCUT2D eigenvalue weighted by atomic mass is 10.1. The summed E-state index contributed by atoms with van der Waals surface area (Å²) in [5.74, 6) is 0. The van der Waals surface area contributed by atoms with Crippen LogP contribution in [-0.4, -0.2) is 0 Å². The molecule has 2 nitrogen and oxygen atoms in total. The van der Waals surface area contributed by atoms with Crippen LogP contribution in [0.25, 0.3) is 11.1 Å². The van der Waals surface area contributed by atoms with Crippen LogP contribution in [0.2, 0.25) is 0 Å². The van der Waals surface area contributed by atoms with Gasteiger partial charge in [0.1, 0.15) is 0 Å². The molecule has 74 valence electrons. The van der Waals surface area contributed by atoms with Gasteiger partial charge in [-0.25, -0.2) is 0 Å². The van der Waals surface area contributed by atoms with E-state index in [9.17, 15) is 0 Å². The van der Waals surface area contributed by atoms with E-state index in [0.29, 0.717) is 0 Å². The second-order valence-electron chi connectivity index (χ2n) is 3.26. The summed E-state index contributed by atoms with van der Waals surface area (Å²) in [6.07, 6.45) is 0. The van der Waals surface area contributed by atoms with Gasteiger partial charge in [0.2, 0.25) is 0 Å². The number of nitrogens with zero attached hydrogens (tertiary/aromatic N) is 1. The summed E-state index contributed by atoms with van der Waals surface area (Å²) >= 11 is 4.60. The van der Waals surface area contributed by atoms with E-state index in [1.54, 1.807) is 0 Å². The smallest absolute Gasteiger partial charge is 0.0769 e. The van der Waals surface area contributed by atoms with Gasteiger partial charge in [0.25, 0.3) is 0 Å². The second kappa shape index (κ2) is 4.19. The summed E-state index contributed by atoms with van der Waals surface area (Å²) in [4.78, 5) is 0. The van der Waals surface area contributed by atoms with Crippen molar-refractivity contribution in [2.45, 2.75) is 0 Å². The molecule has 0 aromatic heterocycles. The molecule has 2 aromatic rings. The van der Waals surface area contributed by atoms with Gasteiger partial charge in [-0.1, -0.05) is 24.3 Å². The average Bonchev–Trinajstić information content (AvgIpc) is 2.30. The van der Waals surface area contributed by atoms with Crippen molar-refractivity contribution in [2.75, 3.05) is 5.73 Å². The Kier molecular flexibility index (Phi) is 2.74. The monoisotopic (exact) mass is 214 g/mol. The van der Waals surface area contributed by atoms with Gasteiger partial charge in [-0.15, -0.1) is 0 Å². The first-order valence-electron chi connectivity index (χ1n) is 4.59. The van der Waals surface area contributed by atoms with Gasteiger partial charge in [0.15, 0.2) is 0 Å². The predicted octanol–water partition coefficient (Wildman–Crippen LogP) is 3.30. The van der Waals surface area contributed by atoms with Gasteiger partial charge in [0.05, 0.1) is 5.69 Å². The number of rotatable bonds is 2. The quantitative estimate of drug-likeness (QED) is 0.779. The molecular weight excluding hydrogens is 204 g/mol. The molecule has 0 atom stereocenters. The van der Waals surface area contributed by atoms with Crippen LogP contribution >= 0.6 is 0 Å². The molecule has 0 bridgehead atoms. The van der Waals surface area contributed by atoms with Crippen LogP contribution in [0.15, 0.2) is 52.9 Å². The zero-order valence-corrected chi connectivity index (χ0v) is 8.87. The molecule has 2 aromatic carbocycles. The third-order valence-electron chi connectivity index (χ3n) is 2.22. The summed E-state index contributed by atoms with van der Waals surface area (Å²) in [5.41, 5.74) is 9.48. The summed E-state index contributed by atoms with van der Waals surface area (Å²) in [6, 6.07) is 15.6. The second-order valence-corrected chi connectivity index (χ2v) is 3.44. The van der Waals surface area contributed by atoms with Crippen molar-refractivity contribution < 1.29 is 0 Å². The molecule has 2 N–H and O–H groups in total. The van der Waals surface area contributed by atoms with Crippen molar-refractivity contribution in [1.29, 1.82) is 0 Å². The van der Waals surface area contributed by atoms with Crippen molar-refractivity contribution in [3.8, 4) is 11.1 Å². The summed E-state index contributed by atoms with van der Waals surface area (Å²) in [5, 5.41) is 0. The molecule has 0 saturated heterocycles. The summed E-state index contributed by atoms with van der Waals surface area (Å²) < 4.78 is 3.68. The molecule has 0 heterocycles. The highest BCUT2D eigenvalue weighted by molar-refractivity contribution is 7.47. The lowest BCUT2D eigenvalue weighted by Gasteiger charge is -2.02. The van der Waals surface area contributed by atoms with Gasteiger partial charge >= 0.3 is 0 Å². The Morgan fingerprint density at radius 1 is 0.800 bits per heavy atom. The van der Waals surface area contributed by atoms with E-state index in [0.717, 1.165) is 22.5 Å². The predicted molar refractivity (Wildman–Crippen MR) is 65.7 cm³/mol. The molecule has 0 fully saturated rings. The molecule has 0 aliphatic rings. The minimum Gasteiger partial charge on any atom is -0.399 e. The summed E-state index contributed by atoms with van der Waals surface area (Å²) in [7, 11) is 0. The number of nitrogens with two attached hydrogens (primary N) is 1. The van der Waals surface area contributed by atoms with Crippen LogP contribution in [-0.2, 0) is 12.4 Å². The van der Waals surface area contributed by atoms with Crippen molar-refractivity contribution in [3.63, 3.8) is 0 Å². The molecule has 0 aliphatic carbocycles. The standard InChI is InChI=1S/C12H10N2S/c13-11-5-1-9(2-6-11)10-3-7-12(14-15)8-4-10/h1-8H,13H2. The van der Waals surface area contributed by atoms with E-state index in [4.69, 9.17) is 5.73 Å². The Bertz CT molecular complexity index is 460. The van der Waals surface area contributed by atoms with Crippen LogP contribution in [0.5, 0.6) is 0 Å². The molecule has 0 spiro atoms. The largest absolute Gasteiger partial charge is 0.399 e. The zero-order chi connectivity index (χ0) is 10.7. The van der Waals surface area contributed by atoms with Crippen LogP contribution in [0.1, 0.15) is 0 Å². The highest BCUT2D eigenvalue weighted by atomic mass is 32.1. The van der Waals surface area contributed by atoms with E-state index in [2.05, 4.69) is 16.8 Å². The normalized spacial score (nSPS) is 9.87. The third kappa shape index (κ3) is 2.19. The lowest BCUT2D eigenvalue weighted by molar-refractivity contribution is 1.55. The number of hydrogen-bond acceptors (Lipinski definition) is 3. The highest BCUT2D eigenvalue weighted by Gasteiger charge is 1.96. The molecular formula is C12H10N2S. The number of anilines is 1. The molecule has 0 radical (unpaired) electrons. The topological polar surface area (TPSA) is 38.4 Å². The molecule has 0 saturated carbocycles. The fourth-order valence-electron chi connectivity index (χ4n) is 1.39. The van der Waals surface area contributed by atoms with Crippen LogP contribution in [0.4, 0.5) is 11.4 Å². The first-order valence-corrected chi connectivity index (χ1v) is 4.95. The Labute approximate surface area is 93.9 Å². The molecule has 0 amide bonds. The molecule has 15 heavy (non-hydrogen) atoms. The minimum absolute atomic E-state index is 0.774. The van der Waals surface area contributed by atoms with Gasteiger partial charge in [-0.3, -0.25) is 0 Å². The first kappa shape index (κ1) is 9.80. The van der Waals surface area contributed by atoms with Gasteiger partial charge < -0.3 is 5.73 Å². The Morgan fingerprint density at radius 2 is 1.27 bits per heavy atom. The van der Waals surface area contributed by atoms with Crippen LogP contribution in [0, 0.1) is 0 Å². The average molecular weight is 214 g/mol. The van der Waals surface area contributed by atoms with Crippen molar-refractivity contribution >= 4 is 23.8 Å². The molecule has 2 rings (SSSR count). The van der Waals surface area contributed by atoms with E-state index < -0.39 is 0 Å². The SMILES string of the molecule is Nc1ccc(-c2ccc(N=S)cc2)cc1. The fourth-order valence-corrected chi connectivity index (χ4v) is 1.51. The van der Waals surface area contributed by atoms with Crippen molar-refractivity contribution in [2.24, 2.45) is 4.36 Å². The van der Waals surface area contributed by atoms with Gasteiger partial charge in [-0.05, 0) is 35.4 Å². The van der Waals surface area contributed by atoms with Gasteiger partial charge in [0, 0.05) is 18.1 Å². The fraction of sp³-hybridized carbons (Fsp3) is 0. The summed E-state index contributed by atoms with van der Waals surface area (Å²) in [6.45, 7) is 0.